The lowest BCUT2D eigenvalue weighted by Gasteiger charge is -1.93. The van der Waals surface area contributed by atoms with E-state index in [4.69, 9.17) is 4.52 Å². The van der Waals surface area contributed by atoms with E-state index in [0.29, 0.717) is 18.3 Å². The molecule has 1 N–H and O–H groups in total. The van der Waals surface area contributed by atoms with Crippen molar-refractivity contribution in [1.82, 2.24) is 30.1 Å². The van der Waals surface area contributed by atoms with Gasteiger partial charge < -0.3 is 9.84 Å². The maximum atomic E-state index is 5.23. The Morgan fingerprint density at radius 1 is 1.39 bits per heavy atom. The van der Waals surface area contributed by atoms with Crippen molar-refractivity contribution in [2.75, 3.05) is 6.54 Å². The molecule has 3 aromatic heterocycles. The molecule has 0 atom stereocenters. The first-order valence-electron chi connectivity index (χ1n) is 5.69. The molecule has 7 nitrogen and oxygen atoms in total. The molecule has 0 spiro atoms. The number of rotatable bonds is 4. The fourth-order valence-electron chi connectivity index (χ4n) is 1.67. The Morgan fingerprint density at radius 3 is 3.22 bits per heavy atom. The molecule has 3 aromatic rings. The first-order chi connectivity index (χ1) is 8.88. The highest BCUT2D eigenvalue weighted by atomic mass is 16.5. The van der Waals surface area contributed by atoms with Gasteiger partial charge >= 0.3 is 0 Å². The summed E-state index contributed by atoms with van der Waals surface area (Å²) in [5.41, 5.74) is 1.63. The number of hydrogen-bond donors (Lipinski definition) is 1. The third-order valence-electron chi connectivity index (χ3n) is 2.56. The molecular weight excluding hydrogens is 232 g/mol. The smallest absolute Gasteiger partial charge is 0.261 e. The summed E-state index contributed by atoms with van der Waals surface area (Å²) in [4.78, 5) is 8.38. The van der Waals surface area contributed by atoms with Crippen molar-refractivity contribution in [3.8, 4) is 11.5 Å². The highest BCUT2D eigenvalue weighted by molar-refractivity contribution is 5.73. The van der Waals surface area contributed by atoms with Gasteiger partial charge in [-0.05, 0) is 6.54 Å². The van der Waals surface area contributed by atoms with Gasteiger partial charge in [-0.15, -0.1) is 0 Å². The Hall–Kier alpha value is -2.28. The van der Waals surface area contributed by atoms with Gasteiger partial charge in [0.1, 0.15) is 0 Å². The first kappa shape index (κ1) is 10.8. The molecule has 0 saturated carbocycles. The van der Waals surface area contributed by atoms with Crippen molar-refractivity contribution < 1.29 is 4.52 Å². The lowest BCUT2D eigenvalue weighted by molar-refractivity contribution is 0.420. The molecule has 0 unspecified atom stereocenters. The highest BCUT2D eigenvalue weighted by Crippen LogP contribution is 2.21. The van der Waals surface area contributed by atoms with Crippen LogP contribution in [0.2, 0.25) is 0 Å². The summed E-state index contributed by atoms with van der Waals surface area (Å²) in [6, 6.07) is 0. The number of aromatic nitrogens is 5. The van der Waals surface area contributed by atoms with Gasteiger partial charge in [0.15, 0.2) is 5.82 Å². The number of nitrogens with zero attached hydrogens (tertiary/aromatic N) is 5. The van der Waals surface area contributed by atoms with Crippen LogP contribution in [0.4, 0.5) is 0 Å². The van der Waals surface area contributed by atoms with E-state index in [0.717, 1.165) is 17.6 Å². The molecule has 18 heavy (non-hydrogen) atoms. The quantitative estimate of drug-likeness (QED) is 0.734. The summed E-state index contributed by atoms with van der Waals surface area (Å²) in [6.45, 7) is 3.49. The van der Waals surface area contributed by atoms with E-state index in [1.807, 2.05) is 6.92 Å². The van der Waals surface area contributed by atoms with E-state index in [9.17, 15) is 0 Å². The molecule has 3 rings (SSSR count). The van der Waals surface area contributed by atoms with Crippen LogP contribution >= 0.6 is 0 Å². The lowest BCUT2D eigenvalue weighted by atomic mass is 10.3. The Morgan fingerprint density at radius 2 is 2.33 bits per heavy atom. The Bertz CT molecular complexity index is 658. The van der Waals surface area contributed by atoms with Crippen LogP contribution in [0.15, 0.2) is 29.3 Å². The summed E-state index contributed by atoms with van der Waals surface area (Å²) >= 11 is 0. The lowest BCUT2D eigenvalue weighted by Crippen LogP contribution is -2.12. The van der Waals surface area contributed by atoms with Crippen LogP contribution in [0.25, 0.3) is 17.0 Å². The maximum absolute atomic E-state index is 5.23. The Labute approximate surface area is 103 Å². The molecule has 0 saturated heterocycles. The van der Waals surface area contributed by atoms with Gasteiger partial charge in [0.2, 0.25) is 0 Å². The summed E-state index contributed by atoms with van der Waals surface area (Å²) in [5, 5.41) is 11.3. The Kier molecular flexibility index (Phi) is 2.73. The van der Waals surface area contributed by atoms with Gasteiger partial charge in [-0.25, -0.2) is 4.52 Å². The summed E-state index contributed by atoms with van der Waals surface area (Å²) < 4.78 is 6.95. The minimum Gasteiger partial charge on any atom is -0.334 e. The van der Waals surface area contributed by atoms with Crippen LogP contribution in [0.3, 0.4) is 0 Å². The minimum atomic E-state index is 0.464. The van der Waals surface area contributed by atoms with E-state index < -0.39 is 0 Å². The number of nitrogens with one attached hydrogen (secondary N) is 1. The number of hydrogen-bond acceptors (Lipinski definition) is 6. The van der Waals surface area contributed by atoms with Gasteiger partial charge in [0, 0.05) is 12.4 Å². The fourth-order valence-corrected chi connectivity index (χ4v) is 1.67. The minimum absolute atomic E-state index is 0.464. The Balaban J connectivity index is 1.96. The molecule has 0 aliphatic rings. The van der Waals surface area contributed by atoms with Crippen molar-refractivity contribution in [2.24, 2.45) is 0 Å². The van der Waals surface area contributed by atoms with Crippen LogP contribution in [-0.2, 0) is 6.54 Å². The van der Waals surface area contributed by atoms with Crippen LogP contribution < -0.4 is 5.32 Å². The van der Waals surface area contributed by atoms with Gasteiger partial charge in [0.25, 0.3) is 5.89 Å². The summed E-state index contributed by atoms with van der Waals surface area (Å²) in [6.07, 6.45) is 6.86. The zero-order valence-corrected chi connectivity index (χ0v) is 9.87. The highest BCUT2D eigenvalue weighted by Gasteiger charge is 2.13. The van der Waals surface area contributed by atoms with Crippen molar-refractivity contribution in [3.05, 3.63) is 30.6 Å². The molecular formula is C11H12N6O. The molecule has 0 aliphatic carbocycles. The van der Waals surface area contributed by atoms with Crippen molar-refractivity contribution in [2.45, 2.75) is 13.5 Å². The number of fused-ring (bicyclic) bond motifs is 1. The zero-order valence-electron chi connectivity index (χ0n) is 9.87. The summed E-state index contributed by atoms with van der Waals surface area (Å²) in [7, 11) is 0. The molecule has 0 fully saturated rings. The van der Waals surface area contributed by atoms with Crippen LogP contribution in [0.5, 0.6) is 0 Å². The van der Waals surface area contributed by atoms with E-state index in [1.54, 1.807) is 29.3 Å². The predicted molar refractivity (Wildman–Crippen MR) is 63.7 cm³/mol. The molecule has 0 radical (unpaired) electrons. The molecule has 92 valence electrons. The third kappa shape index (κ3) is 1.84. The largest absolute Gasteiger partial charge is 0.334 e. The fraction of sp³-hybridized carbons (Fsp3) is 0.273. The predicted octanol–water partition coefficient (Wildman–Crippen LogP) is 0.889. The molecule has 0 amide bonds. The van der Waals surface area contributed by atoms with Gasteiger partial charge in [-0.2, -0.15) is 10.1 Å². The van der Waals surface area contributed by atoms with Gasteiger partial charge in [0.05, 0.1) is 30.0 Å². The normalized spacial score (nSPS) is 11.2. The van der Waals surface area contributed by atoms with Crippen molar-refractivity contribution in [3.63, 3.8) is 0 Å². The second-order valence-electron chi connectivity index (χ2n) is 3.76. The van der Waals surface area contributed by atoms with E-state index in [2.05, 4.69) is 25.5 Å². The third-order valence-corrected chi connectivity index (χ3v) is 2.56. The standard InChI is InChI=1S/C11H12N6O/c1-2-12-7-10-15-11(18-16-10)8-5-14-17-4-3-13-6-9(8)17/h3-6,12H,2,7H2,1H3. The van der Waals surface area contributed by atoms with Gasteiger partial charge in [-0.3, -0.25) is 4.98 Å². The van der Waals surface area contributed by atoms with E-state index in [1.165, 1.54) is 0 Å². The van der Waals surface area contributed by atoms with Crippen LogP contribution in [0, 0.1) is 0 Å². The van der Waals surface area contributed by atoms with Gasteiger partial charge in [-0.1, -0.05) is 12.1 Å². The van der Waals surface area contributed by atoms with E-state index >= 15 is 0 Å². The maximum Gasteiger partial charge on any atom is 0.261 e. The molecule has 3 heterocycles. The molecule has 7 heteroatoms. The van der Waals surface area contributed by atoms with Crippen molar-refractivity contribution >= 4 is 5.52 Å². The van der Waals surface area contributed by atoms with Crippen molar-refractivity contribution in [1.29, 1.82) is 0 Å². The monoisotopic (exact) mass is 244 g/mol. The van der Waals surface area contributed by atoms with E-state index in [-0.39, 0.29) is 0 Å². The molecule has 0 bridgehead atoms. The zero-order chi connectivity index (χ0) is 12.4. The topological polar surface area (TPSA) is 81.1 Å². The van der Waals surface area contributed by atoms with Crippen LogP contribution in [-0.4, -0.2) is 31.3 Å². The average molecular weight is 244 g/mol. The molecule has 0 aliphatic heterocycles. The SMILES string of the molecule is CCNCc1noc(-c2cnn3ccncc23)n1. The molecule has 0 aromatic carbocycles. The van der Waals surface area contributed by atoms with Crippen LogP contribution in [0.1, 0.15) is 12.7 Å². The first-order valence-corrected chi connectivity index (χ1v) is 5.69. The average Bonchev–Trinajstić information content (AvgIpc) is 3.02. The second-order valence-corrected chi connectivity index (χ2v) is 3.76. The summed E-state index contributed by atoms with van der Waals surface area (Å²) in [5.74, 6) is 1.10. The second kappa shape index (κ2) is 4.53.